The molecule has 0 aliphatic heterocycles. The van der Waals surface area contributed by atoms with Gasteiger partial charge in [0.05, 0.1) is 5.56 Å². The Morgan fingerprint density at radius 2 is 1.94 bits per heavy atom. The van der Waals surface area contributed by atoms with Gasteiger partial charge >= 0.3 is 0 Å². The zero-order valence-corrected chi connectivity index (χ0v) is 10.4. The van der Waals surface area contributed by atoms with E-state index >= 15 is 0 Å². The Hall–Kier alpha value is -2.58. The lowest BCUT2D eigenvalue weighted by Gasteiger charge is -1.98. The highest BCUT2D eigenvalue weighted by molar-refractivity contribution is 5.53. The van der Waals surface area contributed by atoms with Crippen LogP contribution in [0.25, 0.3) is 0 Å². The monoisotopic (exact) mass is 232 g/mol. The van der Waals surface area contributed by atoms with Gasteiger partial charge in [0, 0.05) is 23.0 Å². The quantitative estimate of drug-likeness (QED) is 0.655. The molecule has 1 heterocycles. The molecule has 0 atom stereocenters. The fourth-order valence-corrected chi connectivity index (χ4v) is 1.68. The van der Waals surface area contributed by atoms with Crippen LogP contribution in [0.3, 0.4) is 0 Å². The summed E-state index contributed by atoms with van der Waals surface area (Å²) in [4.78, 5) is 4.12. The van der Waals surface area contributed by atoms with Crippen LogP contribution in [0.15, 0.2) is 36.5 Å². The van der Waals surface area contributed by atoms with Gasteiger partial charge in [-0.25, -0.2) is 0 Å². The largest absolute Gasteiger partial charge is 0.262 e. The minimum absolute atomic E-state index is 0.649. The van der Waals surface area contributed by atoms with E-state index in [-0.39, 0.29) is 0 Å². The lowest BCUT2D eigenvalue weighted by molar-refractivity contribution is 1.19. The van der Waals surface area contributed by atoms with Crippen LogP contribution < -0.4 is 0 Å². The molecule has 0 fully saturated rings. The number of rotatable bonds is 0. The molecule has 0 radical (unpaired) electrons. The van der Waals surface area contributed by atoms with Gasteiger partial charge in [-0.1, -0.05) is 24.0 Å². The highest BCUT2D eigenvalue weighted by Gasteiger charge is 2.01. The van der Waals surface area contributed by atoms with Gasteiger partial charge < -0.3 is 0 Å². The summed E-state index contributed by atoms with van der Waals surface area (Å²) < 4.78 is 0. The second-order valence-electron chi connectivity index (χ2n) is 4.05. The minimum Gasteiger partial charge on any atom is -0.262 e. The molecule has 0 amide bonds. The summed E-state index contributed by atoms with van der Waals surface area (Å²) in [5.41, 5.74) is 4.22. The van der Waals surface area contributed by atoms with Crippen molar-refractivity contribution in [2.24, 2.45) is 0 Å². The molecule has 0 spiro atoms. The maximum Gasteiger partial charge on any atom is 0.101 e. The van der Waals surface area contributed by atoms with Crippen LogP contribution in [0.4, 0.5) is 0 Å². The van der Waals surface area contributed by atoms with Crippen LogP contribution in [0, 0.1) is 37.0 Å². The number of nitrogens with zero attached hydrogens (tertiary/aromatic N) is 2. The second-order valence-corrected chi connectivity index (χ2v) is 4.05. The number of hydrogen-bond acceptors (Lipinski definition) is 2. The molecule has 0 aliphatic carbocycles. The van der Waals surface area contributed by atoms with E-state index in [0.29, 0.717) is 5.56 Å². The minimum atomic E-state index is 0.649. The van der Waals surface area contributed by atoms with E-state index in [1.807, 2.05) is 44.2 Å². The number of benzene rings is 1. The van der Waals surface area contributed by atoms with Crippen molar-refractivity contribution in [1.29, 1.82) is 5.26 Å². The van der Waals surface area contributed by atoms with Gasteiger partial charge in [0.1, 0.15) is 6.07 Å². The van der Waals surface area contributed by atoms with E-state index < -0.39 is 0 Å². The number of aryl methyl sites for hydroxylation is 2. The zero-order valence-electron chi connectivity index (χ0n) is 10.4. The van der Waals surface area contributed by atoms with E-state index in [2.05, 4.69) is 22.9 Å². The molecule has 1 aromatic heterocycles. The zero-order chi connectivity index (χ0) is 13.0. The molecule has 0 aliphatic rings. The molecule has 0 unspecified atom stereocenters. The first-order valence-corrected chi connectivity index (χ1v) is 5.65. The number of nitriles is 1. The molecule has 0 bridgehead atoms. The Labute approximate surface area is 107 Å². The second kappa shape index (κ2) is 5.17. The molecule has 0 N–H and O–H groups in total. The maximum atomic E-state index is 9.11. The first-order chi connectivity index (χ1) is 8.70. The molecule has 0 saturated carbocycles. The van der Waals surface area contributed by atoms with Crippen LogP contribution in [0.5, 0.6) is 0 Å². The van der Waals surface area contributed by atoms with Crippen molar-refractivity contribution in [1.82, 2.24) is 4.98 Å². The highest BCUT2D eigenvalue weighted by Crippen LogP contribution is 2.11. The molecule has 2 aromatic rings. The third-order valence-electron chi connectivity index (χ3n) is 2.62. The van der Waals surface area contributed by atoms with Crippen LogP contribution in [0.1, 0.15) is 27.9 Å². The van der Waals surface area contributed by atoms with Gasteiger partial charge in [-0.3, -0.25) is 4.98 Å². The van der Waals surface area contributed by atoms with Gasteiger partial charge in [-0.15, -0.1) is 0 Å². The van der Waals surface area contributed by atoms with E-state index in [4.69, 9.17) is 5.26 Å². The average Bonchev–Trinajstić information content (AvgIpc) is 2.36. The molecule has 1 aromatic carbocycles. The molecule has 2 heteroatoms. The van der Waals surface area contributed by atoms with Gasteiger partial charge in [-0.2, -0.15) is 5.26 Å². The van der Waals surface area contributed by atoms with Crippen molar-refractivity contribution in [2.45, 2.75) is 13.8 Å². The number of aromatic nitrogens is 1. The van der Waals surface area contributed by atoms with Gasteiger partial charge in [0.25, 0.3) is 0 Å². The summed E-state index contributed by atoms with van der Waals surface area (Å²) in [6, 6.07) is 11.7. The van der Waals surface area contributed by atoms with Crippen LogP contribution in [-0.2, 0) is 0 Å². The van der Waals surface area contributed by atoms with Crippen LogP contribution in [-0.4, -0.2) is 4.98 Å². The van der Waals surface area contributed by atoms with E-state index in [9.17, 15) is 0 Å². The predicted octanol–water partition coefficient (Wildman–Crippen LogP) is 2.97. The lowest BCUT2D eigenvalue weighted by atomic mass is 10.0. The third kappa shape index (κ3) is 2.56. The summed E-state index contributed by atoms with van der Waals surface area (Å²) in [5, 5.41) is 9.11. The van der Waals surface area contributed by atoms with E-state index in [1.54, 1.807) is 6.20 Å². The van der Waals surface area contributed by atoms with E-state index in [0.717, 1.165) is 22.4 Å². The Balaban J connectivity index is 2.43. The lowest BCUT2D eigenvalue weighted by Crippen LogP contribution is -1.88. The molecule has 18 heavy (non-hydrogen) atoms. The van der Waals surface area contributed by atoms with Crippen molar-refractivity contribution in [3.05, 3.63) is 64.5 Å². The molecule has 86 valence electrons. The summed E-state index contributed by atoms with van der Waals surface area (Å²) in [6.45, 7) is 3.85. The molecule has 2 rings (SSSR count). The van der Waals surface area contributed by atoms with Crippen molar-refractivity contribution < 1.29 is 0 Å². The van der Waals surface area contributed by atoms with Gasteiger partial charge in [0.2, 0.25) is 0 Å². The summed E-state index contributed by atoms with van der Waals surface area (Å²) in [6.07, 6.45) is 1.74. The number of pyridine rings is 1. The molecular formula is C16H12N2. The fraction of sp³-hybridized carbons (Fsp3) is 0.125. The van der Waals surface area contributed by atoms with Crippen molar-refractivity contribution >= 4 is 0 Å². The topological polar surface area (TPSA) is 36.7 Å². The highest BCUT2D eigenvalue weighted by atomic mass is 14.6. The Morgan fingerprint density at radius 3 is 2.67 bits per heavy atom. The fourth-order valence-electron chi connectivity index (χ4n) is 1.68. The van der Waals surface area contributed by atoms with Crippen molar-refractivity contribution in [2.75, 3.05) is 0 Å². The van der Waals surface area contributed by atoms with Gasteiger partial charge in [-0.05, 0) is 37.6 Å². The SMILES string of the molecule is Cc1cc(C#Cc2cccc(C)c2C#N)ccn1. The Morgan fingerprint density at radius 1 is 1.11 bits per heavy atom. The standard InChI is InChI=1S/C16H12N2/c1-12-4-3-5-15(16(12)11-17)7-6-14-8-9-18-13(2)10-14/h3-5,8-10H,1-2H3. The van der Waals surface area contributed by atoms with Crippen LogP contribution in [0.2, 0.25) is 0 Å². The first kappa shape index (κ1) is 11.9. The summed E-state index contributed by atoms with van der Waals surface area (Å²) in [5.74, 6) is 6.11. The van der Waals surface area contributed by atoms with Crippen molar-refractivity contribution in [3.63, 3.8) is 0 Å². The summed E-state index contributed by atoms with van der Waals surface area (Å²) in [7, 11) is 0. The average molecular weight is 232 g/mol. The van der Waals surface area contributed by atoms with Crippen LogP contribution >= 0.6 is 0 Å². The smallest absolute Gasteiger partial charge is 0.101 e. The number of hydrogen-bond donors (Lipinski definition) is 0. The van der Waals surface area contributed by atoms with E-state index in [1.165, 1.54) is 0 Å². The Bertz CT molecular complexity index is 682. The van der Waals surface area contributed by atoms with Gasteiger partial charge in [0.15, 0.2) is 0 Å². The summed E-state index contributed by atoms with van der Waals surface area (Å²) >= 11 is 0. The normalized spacial score (nSPS) is 9.17. The molecule has 0 saturated heterocycles. The predicted molar refractivity (Wildman–Crippen MR) is 70.8 cm³/mol. The maximum absolute atomic E-state index is 9.11. The molecular weight excluding hydrogens is 220 g/mol. The molecule has 2 nitrogen and oxygen atoms in total. The Kier molecular flexibility index (Phi) is 3.41. The third-order valence-corrected chi connectivity index (χ3v) is 2.62. The van der Waals surface area contributed by atoms with Crippen molar-refractivity contribution in [3.8, 4) is 17.9 Å². The first-order valence-electron chi connectivity index (χ1n) is 5.65.